The Labute approximate surface area is 327 Å². The van der Waals surface area contributed by atoms with Crippen molar-refractivity contribution in [1.29, 1.82) is 0 Å². The van der Waals surface area contributed by atoms with Crippen LogP contribution in [0.25, 0.3) is 0 Å². The highest BCUT2D eigenvalue weighted by Crippen LogP contribution is 2.29. The van der Waals surface area contributed by atoms with E-state index in [0.29, 0.717) is 31.9 Å². The molecule has 0 aliphatic carbocycles. The standard InChI is InChI=1S/C48H83NO4/c1-6-9-12-15-18-19-20-21-22-25-29-36-44(37-45(40-49(4)5)46(48(51)52)38-42-32-30-26-31-33-42)41-53-47(50)39-43(34-27-23-16-13-10-7-2)35-28-24-17-14-11-8-3/h18-19,21-22,26,30-33,43-46H,6-17,20,23-25,27-29,34-41H2,1-5H3,(H,51,52)/b19-18-,22-21-. The molecule has 0 amide bonds. The van der Waals surface area contributed by atoms with Gasteiger partial charge in [-0.25, -0.2) is 0 Å². The van der Waals surface area contributed by atoms with Crippen molar-refractivity contribution in [2.24, 2.45) is 23.7 Å². The van der Waals surface area contributed by atoms with Crippen LogP contribution in [0.3, 0.4) is 0 Å². The Morgan fingerprint density at radius 1 is 0.679 bits per heavy atom. The lowest BCUT2D eigenvalue weighted by Crippen LogP contribution is -2.35. The largest absolute Gasteiger partial charge is 0.481 e. The highest BCUT2D eigenvalue weighted by atomic mass is 16.5. The predicted molar refractivity (Wildman–Crippen MR) is 227 cm³/mol. The number of unbranched alkanes of at least 4 members (excludes halogenated alkanes) is 14. The summed E-state index contributed by atoms with van der Waals surface area (Å²) in [6, 6.07) is 10.0. The summed E-state index contributed by atoms with van der Waals surface area (Å²) >= 11 is 0. The third kappa shape index (κ3) is 27.8. The van der Waals surface area contributed by atoms with Crippen molar-refractivity contribution in [3.8, 4) is 0 Å². The number of hydrogen-bond donors (Lipinski definition) is 1. The molecule has 0 aromatic heterocycles. The average molecular weight is 738 g/mol. The van der Waals surface area contributed by atoms with Gasteiger partial charge in [0.1, 0.15) is 0 Å². The number of hydrogen-bond acceptors (Lipinski definition) is 4. The van der Waals surface area contributed by atoms with Gasteiger partial charge in [0.25, 0.3) is 0 Å². The second-order valence-electron chi connectivity index (χ2n) is 16.2. The zero-order valence-corrected chi connectivity index (χ0v) is 35.2. The molecule has 3 atom stereocenters. The second-order valence-corrected chi connectivity index (χ2v) is 16.2. The van der Waals surface area contributed by atoms with Gasteiger partial charge in [-0.05, 0) is 102 Å². The van der Waals surface area contributed by atoms with Gasteiger partial charge in [0.15, 0.2) is 0 Å². The van der Waals surface area contributed by atoms with Crippen LogP contribution in [0.1, 0.15) is 180 Å². The third-order valence-corrected chi connectivity index (χ3v) is 10.9. The van der Waals surface area contributed by atoms with Gasteiger partial charge in [-0.3, -0.25) is 9.59 Å². The van der Waals surface area contributed by atoms with E-state index in [-0.39, 0.29) is 17.8 Å². The molecular weight excluding hydrogens is 655 g/mol. The number of nitrogens with zero attached hydrogens (tertiary/aromatic N) is 1. The number of carboxylic acids is 1. The molecule has 0 radical (unpaired) electrons. The Hall–Kier alpha value is -2.40. The van der Waals surface area contributed by atoms with E-state index >= 15 is 0 Å². The summed E-state index contributed by atoms with van der Waals surface area (Å²) in [5, 5.41) is 10.5. The van der Waals surface area contributed by atoms with E-state index < -0.39 is 11.9 Å². The van der Waals surface area contributed by atoms with Crippen LogP contribution in [0.5, 0.6) is 0 Å². The maximum absolute atomic E-state index is 13.5. The number of esters is 1. The van der Waals surface area contributed by atoms with Gasteiger partial charge in [0.2, 0.25) is 0 Å². The molecule has 1 N–H and O–H groups in total. The number of carbonyl (C=O) groups excluding carboxylic acids is 1. The van der Waals surface area contributed by atoms with E-state index in [2.05, 4.69) is 50.0 Å². The van der Waals surface area contributed by atoms with Crippen LogP contribution in [0.15, 0.2) is 54.6 Å². The smallest absolute Gasteiger partial charge is 0.307 e. The van der Waals surface area contributed by atoms with Crippen LogP contribution in [0.4, 0.5) is 0 Å². The topological polar surface area (TPSA) is 66.8 Å². The van der Waals surface area contributed by atoms with Crippen molar-refractivity contribution >= 4 is 11.9 Å². The van der Waals surface area contributed by atoms with Crippen LogP contribution >= 0.6 is 0 Å². The minimum atomic E-state index is -0.741. The van der Waals surface area contributed by atoms with Gasteiger partial charge in [0.05, 0.1) is 12.5 Å². The fraction of sp³-hybridized carbons (Fsp3) is 0.750. The van der Waals surface area contributed by atoms with Crippen LogP contribution in [-0.4, -0.2) is 49.2 Å². The summed E-state index contributed by atoms with van der Waals surface area (Å²) in [7, 11) is 4.06. The lowest BCUT2D eigenvalue weighted by Gasteiger charge is -2.30. The molecular formula is C48H83NO4. The zero-order chi connectivity index (χ0) is 38.8. The molecule has 5 nitrogen and oxygen atoms in total. The van der Waals surface area contributed by atoms with Gasteiger partial charge >= 0.3 is 11.9 Å². The minimum Gasteiger partial charge on any atom is -0.481 e. The SMILES string of the molecule is CCCCC/C=C\C/C=C\CCCC(COC(=O)CC(CCCCCCCC)CCCCCCCC)CC(CN(C)C)C(Cc1ccccc1)C(=O)O. The molecule has 0 aliphatic rings. The Morgan fingerprint density at radius 2 is 1.21 bits per heavy atom. The van der Waals surface area contributed by atoms with Crippen molar-refractivity contribution in [2.45, 2.75) is 181 Å². The fourth-order valence-corrected chi connectivity index (χ4v) is 7.68. The summed E-state index contributed by atoms with van der Waals surface area (Å²) in [5.41, 5.74) is 1.05. The molecule has 0 aliphatic heterocycles. The van der Waals surface area contributed by atoms with Gasteiger partial charge < -0.3 is 14.7 Å². The maximum Gasteiger partial charge on any atom is 0.307 e. The lowest BCUT2D eigenvalue weighted by molar-refractivity contribution is -0.148. The van der Waals surface area contributed by atoms with Crippen molar-refractivity contribution in [1.82, 2.24) is 4.90 Å². The molecule has 304 valence electrons. The molecule has 1 aromatic rings. The monoisotopic (exact) mass is 738 g/mol. The van der Waals surface area contributed by atoms with Gasteiger partial charge in [-0.1, -0.05) is 165 Å². The molecule has 53 heavy (non-hydrogen) atoms. The molecule has 1 rings (SSSR count). The van der Waals surface area contributed by atoms with E-state index in [1.54, 1.807) is 0 Å². The maximum atomic E-state index is 13.5. The van der Waals surface area contributed by atoms with E-state index in [9.17, 15) is 14.7 Å². The lowest BCUT2D eigenvalue weighted by atomic mass is 9.79. The minimum absolute atomic E-state index is 0.0482. The molecule has 0 spiro atoms. The van der Waals surface area contributed by atoms with Crippen molar-refractivity contribution in [2.75, 3.05) is 27.2 Å². The first-order valence-electron chi connectivity index (χ1n) is 22.2. The highest BCUT2D eigenvalue weighted by Gasteiger charge is 2.31. The first-order valence-corrected chi connectivity index (χ1v) is 22.2. The average Bonchev–Trinajstić information content (AvgIpc) is 3.14. The molecule has 0 fully saturated rings. The van der Waals surface area contributed by atoms with Crippen LogP contribution < -0.4 is 0 Å². The number of ether oxygens (including phenoxy) is 1. The molecule has 0 heterocycles. The Bertz CT molecular complexity index is 1030. The Balaban J connectivity index is 2.95. The second kappa shape index (κ2) is 34.1. The number of aliphatic carboxylic acids is 1. The molecule has 5 heteroatoms. The van der Waals surface area contributed by atoms with Gasteiger partial charge in [-0.15, -0.1) is 0 Å². The van der Waals surface area contributed by atoms with E-state index in [0.717, 1.165) is 56.9 Å². The number of allylic oxidation sites excluding steroid dienone is 4. The summed E-state index contributed by atoms with van der Waals surface area (Å²) < 4.78 is 6.14. The predicted octanol–water partition coefficient (Wildman–Crippen LogP) is 13.4. The van der Waals surface area contributed by atoms with Crippen LogP contribution in [0, 0.1) is 23.7 Å². The summed E-state index contributed by atoms with van der Waals surface area (Å²) in [5.74, 6) is -0.828. The van der Waals surface area contributed by atoms with E-state index in [1.807, 2.05) is 44.4 Å². The highest BCUT2D eigenvalue weighted by molar-refractivity contribution is 5.71. The molecule has 1 aromatic carbocycles. The normalized spacial score (nSPS) is 13.7. The van der Waals surface area contributed by atoms with Crippen LogP contribution in [-0.2, 0) is 20.7 Å². The first-order chi connectivity index (χ1) is 25.8. The third-order valence-electron chi connectivity index (χ3n) is 10.9. The van der Waals surface area contributed by atoms with Gasteiger partial charge in [-0.2, -0.15) is 0 Å². The van der Waals surface area contributed by atoms with Gasteiger partial charge in [0, 0.05) is 13.0 Å². The molecule has 0 saturated carbocycles. The summed E-state index contributed by atoms with van der Waals surface area (Å²) in [6.07, 6.45) is 37.3. The molecule has 0 bridgehead atoms. The molecule has 0 saturated heterocycles. The summed E-state index contributed by atoms with van der Waals surface area (Å²) in [4.78, 5) is 28.3. The number of carbonyl (C=O) groups is 2. The van der Waals surface area contributed by atoms with Crippen LogP contribution in [0.2, 0.25) is 0 Å². The number of benzene rings is 1. The first kappa shape index (κ1) is 48.6. The van der Waals surface area contributed by atoms with Crippen molar-refractivity contribution in [3.63, 3.8) is 0 Å². The quantitative estimate of drug-likeness (QED) is 0.0422. The fourth-order valence-electron chi connectivity index (χ4n) is 7.68. The number of carboxylic acid groups (broad SMARTS) is 1. The zero-order valence-electron chi connectivity index (χ0n) is 35.2. The Kier molecular flexibility index (Phi) is 31.3. The Morgan fingerprint density at radius 3 is 1.77 bits per heavy atom. The number of rotatable bonds is 36. The van der Waals surface area contributed by atoms with Crippen molar-refractivity contribution < 1.29 is 19.4 Å². The van der Waals surface area contributed by atoms with E-state index in [4.69, 9.17) is 4.74 Å². The van der Waals surface area contributed by atoms with E-state index in [1.165, 1.54) is 96.3 Å². The summed E-state index contributed by atoms with van der Waals surface area (Å²) in [6.45, 7) is 7.83. The molecule has 3 unspecified atom stereocenters. The van der Waals surface area contributed by atoms with Crippen molar-refractivity contribution in [3.05, 3.63) is 60.2 Å².